The molecule has 0 saturated heterocycles. The van der Waals surface area contributed by atoms with Gasteiger partial charge in [-0.1, -0.05) is 92.5 Å². The molecule has 0 radical (unpaired) electrons. The van der Waals surface area contributed by atoms with Gasteiger partial charge in [0.1, 0.15) is 0 Å². The molecule has 66 heavy (non-hydrogen) atoms. The smallest absolute Gasteiger partial charge is 0.0654 e. The molecule has 6 N–H and O–H groups in total. The van der Waals surface area contributed by atoms with Crippen LogP contribution >= 0.6 is 0 Å². The van der Waals surface area contributed by atoms with Crippen LogP contribution in [0.2, 0.25) is 0 Å². The van der Waals surface area contributed by atoms with Gasteiger partial charge in [-0.15, -0.1) is 0 Å². The van der Waals surface area contributed by atoms with E-state index in [1.165, 1.54) is 36.8 Å². The summed E-state index contributed by atoms with van der Waals surface area (Å²) < 4.78 is 0. The lowest BCUT2D eigenvalue weighted by Gasteiger charge is -2.70. The molecule has 0 aromatic carbocycles. The molecule has 380 valence electrons. The third-order valence-corrected chi connectivity index (χ3v) is 24.7. The summed E-state index contributed by atoms with van der Waals surface area (Å²) in [6, 6.07) is 0. The zero-order valence-corrected chi connectivity index (χ0v) is 45.5. The van der Waals surface area contributed by atoms with Gasteiger partial charge in [0.2, 0.25) is 0 Å². The Balaban J connectivity index is 0.000000196. The van der Waals surface area contributed by atoms with Crippen LogP contribution in [-0.2, 0) is 0 Å². The monoisotopic (exact) mass is 921 g/mol. The molecule has 20 atom stereocenters. The van der Waals surface area contributed by atoms with Crippen molar-refractivity contribution in [1.82, 2.24) is 0 Å². The van der Waals surface area contributed by atoms with Crippen molar-refractivity contribution in [3.63, 3.8) is 0 Å². The Hall–Kier alpha value is -0.760. The molecule has 8 aliphatic rings. The number of hydrogen-bond acceptors (Lipinski definition) is 6. The average Bonchev–Trinajstić information content (AvgIpc) is 3.78. The zero-order chi connectivity index (χ0) is 49.2. The highest BCUT2D eigenvalue weighted by Gasteiger charge is 2.73. The van der Waals surface area contributed by atoms with E-state index in [9.17, 15) is 30.6 Å². The van der Waals surface area contributed by atoms with Crippen LogP contribution in [0, 0.1) is 90.7 Å². The highest BCUT2D eigenvalue weighted by molar-refractivity contribution is 5.22. The maximum atomic E-state index is 11.8. The van der Waals surface area contributed by atoms with E-state index in [1.54, 1.807) is 0 Å². The summed E-state index contributed by atoms with van der Waals surface area (Å²) in [5.74, 6) is 2.62. The summed E-state index contributed by atoms with van der Waals surface area (Å²) in [7, 11) is 0. The lowest BCUT2D eigenvalue weighted by molar-refractivity contribution is -0.246. The van der Waals surface area contributed by atoms with Crippen LogP contribution < -0.4 is 0 Å². The van der Waals surface area contributed by atoms with Gasteiger partial charge in [-0.2, -0.15) is 0 Å². The summed E-state index contributed by atoms with van der Waals surface area (Å²) in [6.07, 6.45) is 21.3. The van der Waals surface area contributed by atoms with Crippen molar-refractivity contribution < 1.29 is 30.6 Å². The second-order valence-corrected chi connectivity index (χ2v) is 29.0. The minimum absolute atomic E-state index is 0.0503. The second kappa shape index (κ2) is 17.5. The van der Waals surface area contributed by atoms with E-state index in [0.717, 1.165) is 89.9 Å². The molecule has 0 heterocycles. The van der Waals surface area contributed by atoms with Gasteiger partial charge in [0.25, 0.3) is 0 Å². The molecule has 8 rings (SSSR count). The van der Waals surface area contributed by atoms with Crippen molar-refractivity contribution in [3.8, 4) is 0 Å². The number of hydrogen-bond donors (Lipinski definition) is 6. The Morgan fingerprint density at radius 2 is 0.773 bits per heavy atom. The zero-order valence-electron chi connectivity index (χ0n) is 45.5. The third-order valence-electron chi connectivity index (χ3n) is 24.7. The maximum absolute atomic E-state index is 11.8. The van der Waals surface area contributed by atoms with Gasteiger partial charge in [-0.05, 0) is 248 Å². The molecule has 0 spiro atoms. The van der Waals surface area contributed by atoms with Crippen LogP contribution in [0.3, 0.4) is 0 Å². The second-order valence-electron chi connectivity index (χ2n) is 29.0. The molecular weight excluding hydrogens is 817 g/mol. The van der Waals surface area contributed by atoms with Gasteiger partial charge in [-0.25, -0.2) is 0 Å². The van der Waals surface area contributed by atoms with Gasteiger partial charge < -0.3 is 30.6 Å². The normalized spacial score (nSPS) is 50.5. The van der Waals surface area contributed by atoms with E-state index < -0.39 is 11.2 Å². The van der Waals surface area contributed by atoms with E-state index in [0.29, 0.717) is 23.7 Å². The number of aliphatic hydroxyl groups is 6. The van der Waals surface area contributed by atoms with Crippen LogP contribution in [0.1, 0.15) is 226 Å². The van der Waals surface area contributed by atoms with Gasteiger partial charge in [0, 0.05) is 0 Å². The molecule has 8 fully saturated rings. The van der Waals surface area contributed by atoms with Crippen LogP contribution in [-0.4, -0.2) is 66.3 Å². The summed E-state index contributed by atoms with van der Waals surface area (Å²) in [6.45, 7) is 36.7. The van der Waals surface area contributed by atoms with Crippen molar-refractivity contribution in [1.29, 1.82) is 0 Å². The molecule has 8 unspecified atom stereocenters. The van der Waals surface area contributed by atoms with E-state index in [-0.39, 0.29) is 91.4 Å². The molecule has 6 nitrogen and oxygen atoms in total. The Labute approximate surface area is 405 Å². The predicted octanol–water partition coefficient (Wildman–Crippen LogP) is 13.0. The number of rotatable bonds is 8. The molecule has 8 saturated carbocycles. The number of allylic oxidation sites excluding steroid dienone is 4. The van der Waals surface area contributed by atoms with Crippen molar-refractivity contribution in [3.05, 3.63) is 23.3 Å². The van der Waals surface area contributed by atoms with E-state index in [1.807, 2.05) is 13.8 Å². The highest BCUT2D eigenvalue weighted by Crippen LogP contribution is 2.78. The minimum atomic E-state index is -0.739. The van der Waals surface area contributed by atoms with Gasteiger partial charge in [-0.3, -0.25) is 0 Å². The first kappa shape index (κ1) is 53.0. The van der Waals surface area contributed by atoms with Crippen LogP contribution in [0.5, 0.6) is 0 Å². The van der Waals surface area contributed by atoms with Crippen molar-refractivity contribution >= 4 is 0 Å². The summed E-state index contributed by atoms with van der Waals surface area (Å²) in [4.78, 5) is 0. The molecule has 0 aromatic rings. The van der Waals surface area contributed by atoms with Crippen molar-refractivity contribution in [2.75, 3.05) is 0 Å². The lowest BCUT2D eigenvalue weighted by atomic mass is 9.35. The fourth-order valence-corrected chi connectivity index (χ4v) is 20.6. The summed E-state index contributed by atoms with van der Waals surface area (Å²) >= 11 is 0. The first-order valence-electron chi connectivity index (χ1n) is 27.7. The van der Waals surface area contributed by atoms with Gasteiger partial charge >= 0.3 is 0 Å². The Morgan fingerprint density at radius 1 is 0.455 bits per heavy atom. The van der Waals surface area contributed by atoms with E-state index in [4.69, 9.17) is 0 Å². The summed E-state index contributed by atoms with van der Waals surface area (Å²) in [5, 5.41) is 68.5. The first-order chi connectivity index (χ1) is 30.2. The van der Waals surface area contributed by atoms with Gasteiger partial charge in [0.15, 0.2) is 0 Å². The molecule has 6 heteroatoms. The molecular formula is C60H104O6. The molecule has 0 aromatic heterocycles. The maximum Gasteiger partial charge on any atom is 0.0654 e. The topological polar surface area (TPSA) is 121 Å². The SMILES string of the molecule is CC(C)=CCC[C@@](C)(O)C1CC[C@]2(C)C1[C@H](O)CC1[C@@]3(C)CC[C@H](O)C(C)(C)C3CC[C@]12C.CC(C)=CCC[C@](C)(O)C1CC[C@]2(C)C1[C@H](O)CC1[C@@]3(C)CC[C@H](O)C(C)(C)C3CC[C@]12C. The number of aliphatic hydroxyl groups excluding tert-OH is 4. The Kier molecular flexibility index (Phi) is 14.0. The first-order valence-corrected chi connectivity index (χ1v) is 27.7. The fraction of sp³-hybridized carbons (Fsp3) is 0.933. The van der Waals surface area contributed by atoms with Gasteiger partial charge in [0.05, 0.1) is 35.6 Å². The Morgan fingerprint density at radius 3 is 1.09 bits per heavy atom. The average molecular weight is 921 g/mol. The quantitative estimate of drug-likeness (QED) is 0.135. The molecule has 0 amide bonds. The predicted molar refractivity (Wildman–Crippen MR) is 271 cm³/mol. The van der Waals surface area contributed by atoms with E-state index in [2.05, 4.69) is 109 Å². The lowest BCUT2D eigenvalue weighted by Crippen LogP contribution is -2.66. The standard InChI is InChI=1S/2C30H52O3/c2*1-19(2)10-9-14-30(8,33)20-11-16-29(7)25(20)21(31)18-23-27(5)15-13-24(32)26(3,4)22(27)12-17-28(23,29)6/h2*10,20-25,31-33H,9,11-18H2,1-8H3/t20?,21-,22?,23?,24+,25?,27+,28-,29-,30+;20?,21-,22?,23?,24+,25?,27+,28-,29-,30-/m11/s1. The largest absolute Gasteiger partial charge is 0.393 e. The minimum Gasteiger partial charge on any atom is -0.393 e. The van der Waals surface area contributed by atoms with Crippen molar-refractivity contribution in [2.45, 2.75) is 262 Å². The van der Waals surface area contributed by atoms with Crippen molar-refractivity contribution in [2.24, 2.45) is 90.7 Å². The highest BCUT2D eigenvalue weighted by atomic mass is 16.3. The van der Waals surface area contributed by atoms with Crippen LogP contribution in [0.4, 0.5) is 0 Å². The van der Waals surface area contributed by atoms with E-state index >= 15 is 0 Å². The fourth-order valence-electron chi connectivity index (χ4n) is 20.6. The van der Waals surface area contributed by atoms with Crippen LogP contribution in [0.25, 0.3) is 0 Å². The number of fused-ring (bicyclic) bond motifs is 10. The molecule has 8 aliphatic carbocycles. The summed E-state index contributed by atoms with van der Waals surface area (Å²) in [5.41, 5.74) is 1.77. The molecule has 0 bridgehead atoms. The van der Waals surface area contributed by atoms with Crippen LogP contribution in [0.15, 0.2) is 23.3 Å². The Bertz CT molecular complexity index is 1690. The third kappa shape index (κ3) is 7.98. The molecule has 0 aliphatic heterocycles.